The van der Waals surface area contributed by atoms with Gasteiger partial charge in [-0.1, -0.05) is 0 Å². The number of rotatable bonds is 8. The Morgan fingerprint density at radius 2 is 1.97 bits per heavy atom. The molecule has 1 aliphatic carbocycles. The summed E-state index contributed by atoms with van der Waals surface area (Å²) in [6.45, 7) is 5.62. The van der Waals surface area contributed by atoms with Gasteiger partial charge in [0.1, 0.15) is 4.90 Å². The van der Waals surface area contributed by atoms with E-state index in [-0.39, 0.29) is 10.8 Å². The lowest BCUT2D eigenvalue weighted by Crippen LogP contribution is -2.40. The number of pyridine rings is 2. The molecular weight excluding hydrogens is 498 g/mol. The molecule has 5 rings (SSSR count). The number of anilines is 1. The number of hydrogen-bond acceptors (Lipinski definition) is 9. The number of carbonyl (C=O) groups excluding carboxylic acids is 1. The predicted octanol–water partition coefficient (Wildman–Crippen LogP) is 2.49. The Bertz CT molecular complexity index is 1550. The summed E-state index contributed by atoms with van der Waals surface area (Å²) in [6.07, 6.45) is 7.13. The normalized spacial score (nSPS) is 14.1. The Morgan fingerprint density at radius 1 is 1.16 bits per heavy atom. The van der Waals surface area contributed by atoms with Gasteiger partial charge in [0.15, 0.2) is 5.65 Å². The molecule has 0 aromatic carbocycles. The summed E-state index contributed by atoms with van der Waals surface area (Å²) >= 11 is 0. The fourth-order valence-corrected chi connectivity index (χ4v) is 4.99. The lowest BCUT2D eigenvalue weighted by molar-refractivity contribution is 0.252. The quantitative estimate of drug-likeness (QED) is 0.313. The summed E-state index contributed by atoms with van der Waals surface area (Å²) in [5.41, 5.74) is 1.14. The molecule has 37 heavy (non-hydrogen) atoms. The van der Waals surface area contributed by atoms with E-state index in [1.54, 1.807) is 51.4 Å². The fourth-order valence-electron chi connectivity index (χ4n) is 3.58. The van der Waals surface area contributed by atoms with E-state index in [1.807, 2.05) is 0 Å². The van der Waals surface area contributed by atoms with E-state index in [1.165, 1.54) is 10.7 Å². The lowest BCUT2D eigenvalue weighted by atomic mass is 10.1. The molecular formula is C23H27N9O4S. The monoisotopic (exact) mass is 525 g/mol. The number of hydrogen-bond donors (Lipinski definition) is 3. The van der Waals surface area contributed by atoms with Crippen molar-refractivity contribution in [2.24, 2.45) is 0 Å². The summed E-state index contributed by atoms with van der Waals surface area (Å²) in [6, 6.07) is 4.57. The standard InChI is InChI=1S/C23H27N9O4S/c1-23(2,3)31-37(34,35)17-10-16(11-24-12-17)15-6-7-18-26-21(30-32(18)13-15)27-22(33)25-9-8-19-28-29-20(36-19)14-4-5-14/h6-7,10-14,31H,4-5,8-9H2,1-3H3,(H2,25,27,30,33). The minimum Gasteiger partial charge on any atom is -0.425 e. The van der Waals surface area contributed by atoms with E-state index in [0.717, 1.165) is 12.8 Å². The Balaban J connectivity index is 1.23. The Labute approximate surface area is 213 Å². The number of nitrogens with zero attached hydrogens (tertiary/aromatic N) is 6. The molecule has 4 heterocycles. The first kappa shape index (κ1) is 24.8. The summed E-state index contributed by atoms with van der Waals surface area (Å²) in [5.74, 6) is 1.66. The first-order valence-electron chi connectivity index (χ1n) is 11.8. The van der Waals surface area contributed by atoms with Crippen molar-refractivity contribution in [3.05, 3.63) is 48.6 Å². The second-order valence-electron chi connectivity index (χ2n) is 9.86. The number of sulfonamides is 1. The molecule has 4 aromatic heterocycles. The van der Waals surface area contributed by atoms with Crippen LogP contribution in [0.25, 0.3) is 16.8 Å². The maximum Gasteiger partial charge on any atom is 0.321 e. The van der Waals surface area contributed by atoms with Crippen LogP contribution in [0.2, 0.25) is 0 Å². The van der Waals surface area contributed by atoms with E-state index < -0.39 is 21.6 Å². The minimum atomic E-state index is -3.74. The van der Waals surface area contributed by atoms with Crippen LogP contribution in [-0.4, -0.2) is 56.3 Å². The van der Waals surface area contributed by atoms with Crippen LogP contribution in [0.3, 0.4) is 0 Å². The van der Waals surface area contributed by atoms with E-state index in [4.69, 9.17) is 4.42 Å². The third-order valence-electron chi connectivity index (χ3n) is 5.39. The van der Waals surface area contributed by atoms with Gasteiger partial charge in [-0.2, -0.15) is 4.98 Å². The third-order valence-corrected chi connectivity index (χ3v) is 7.11. The summed E-state index contributed by atoms with van der Waals surface area (Å²) in [7, 11) is -3.74. The van der Waals surface area contributed by atoms with Gasteiger partial charge >= 0.3 is 6.03 Å². The van der Waals surface area contributed by atoms with Crippen LogP contribution in [0, 0.1) is 0 Å². The number of amides is 2. The van der Waals surface area contributed by atoms with E-state index >= 15 is 0 Å². The maximum atomic E-state index is 12.7. The zero-order valence-electron chi connectivity index (χ0n) is 20.6. The second-order valence-corrected chi connectivity index (χ2v) is 11.5. The molecule has 194 valence electrons. The average Bonchev–Trinajstić information content (AvgIpc) is 3.43. The summed E-state index contributed by atoms with van der Waals surface area (Å²) < 4.78 is 35.1. The molecule has 1 saturated carbocycles. The number of aromatic nitrogens is 6. The fraction of sp³-hybridized carbons (Fsp3) is 0.391. The molecule has 0 saturated heterocycles. The Hall–Kier alpha value is -3.91. The third kappa shape index (κ3) is 6.09. The number of carbonyl (C=O) groups is 1. The molecule has 0 bridgehead atoms. The molecule has 13 nitrogen and oxygen atoms in total. The molecule has 0 radical (unpaired) electrons. The average molecular weight is 526 g/mol. The maximum absolute atomic E-state index is 12.7. The van der Waals surface area contributed by atoms with Gasteiger partial charge in [-0.15, -0.1) is 15.3 Å². The molecule has 0 spiro atoms. The van der Waals surface area contributed by atoms with Gasteiger partial charge in [0.25, 0.3) is 5.95 Å². The minimum absolute atomic E-state index is 0.0573. The van der Waals surface area contributed by atoms with Gasteiger partial charge in [-0.05, 0) is 51.8 Å². The van der Waals surface area contributed by atoms with E-state index in [0.29, 0.717) is 47.4 Å². The topological polar surface area (TPSA) is 169 Å². The van der Waals surface area contributed by atoms with Crippen molar-refractivity contribution in [2.45, 2.75) is 56.4 Å². The summed E-state index contributed by atoms with van der Waals surface area (Å²) in [4.78, 5) is 20.7. The van der Waals surface area contributed by atoms with Crippen LogP contribution < -0.4 is 15.4 Å². The molecule has 0 unspecified atom stereocenters. The van der Waals surface area contributed by atoms with E-state index in [2.05, 4.69) is 40.6 Å². The van der Waals surface area contributed by atoms with Crippen LogP contribution in [-0.2, 0) is 16.4 Å². The lowest BCUT2D eigenvalue weighted by Gasteiger charge is -2.20. The number of urea groups is 1. The van der Waals surface area contributed by atoms with Crippen LogP contribution in [0.5, 0.6) is 0 Å². The van der Waals surface area contributed by atoms with Crippen molar-refractivity contribution < 1.29 is 17.6 Å². The van der Waals surface area contributed by atoms with Crippen LogP contribution in [0.1, 0.15) is 51.3 Å². The first-order chi connectivity index (χ1) is 17.6. The van der Waals surface area contributed by atoms with Crippen LogP contribution >= 0.6 is 0 Å². The highest BCUT2D eigenvalue weighted by Crippen LogP contribution is 2.39. The second kappa shape index (κ2) is 9.52. The van der Waals surface area contributed by atoms with Crippen molar-refractivity contribution >= 4 is 27.6 Å². The van der Waals surface area contributed by atoms with Gasteiger partial charge in [0.05, 0.1) is 0 Å². The SMILES string of the molecule is CC(C)(C)NS(=O)(=O)c1cncc(-c2ccc3nc(NC(=O)NCCc4nnc(C5CC5)o4)nn3c2)c1. The van der Waals surface area contributed by atoms with Gasteiger partial charge in [-0.25, -0.2) is 22.4 Å². The van der Waals surface area contributed by atoms with E-state index in [9.17, 15) is 13.2 Å². The Morgan fingerprint density at radius 3 is 2.73 bits per heavy atom. The zero-order valence-corrected chi connectivity index (χ0v) is 21.4. The molecule has 1 fully saturated rings. The smallest absolute Gasteiger partial charge is 0.321 e. The van der Waals surface area contributed by atoms with Gasteiger partial charge < -0.3 is 9.73 Å². The van der Waals surface area contributed by atoms with Gasteiger partial charge in [0, 0.05) is 54.1 Å². The van der Waals surface area contributed by atoms with Crippen molar-refractivity contribution in [3.8, 4) is 11.1 Å². The van der Waals surface area contributed by atoms with Crippen LogP contribution in [0.4, 0.5) is 10.7 Å². The van der Waals surface area contributed by atoms with Gasteiger partial charge in [-0.3, -0.25) is 10.3 Å². The number of fused-ring (bicyclic) bond motifs is 1. The Kier molecular flexibility index (Phi) is 6.37. The predicted molar refractivity (Wildman–Crippen MR) is 133 cm³/mol. The molecule has 0 aliphatic heterocycles. The molecule has 4 aromatic rings. The number of nitrogens with one attached hydrogen (secondary N) is 3. The van der Waals surface area contributed by atoms with Crippen molar-refractivity contribution in [3.63, 3.8) is 0 Å². The highest BCUT2D eigenvalue weighted by atomic mass is 32.2. The summed E-state index contributed by atoms with van der Waals surface area (Å²) in [5, 5.41) is 17.6. The first-order valence-corrected chi connectivity index (χ1v) is 13.3. The van der Waals surface area contributed by atoms with Gasteiger partial charge in [0.2, 0.25) is 21.8 Å². The highest BCUT2D eigenvalue weighted by molar-refractivity contribution is 7.89. The zero-order chi connectivity index (χ0) is 26.2. The largest absolute Gasteiger partial charge is 0.425 e. The van der Waals surface area contributed by atoms with Crippen molar-refractivity contribution in [1.82, 2.24) is 39.8 Å². The van der Waals surface area contributed by atoms with Crippen LogP contribution in [0.15, 0.2) is 46.1 Å². The molecule has 2 amide bonds. The molecule has 1 aliphatic rings. The molecule has 14 heteroatoms. The molecule has 3 N–H and O–H groups in total. The van der Waals surface area contributed by atoms with Crippen molar-refractivity contribution in [2.75, 3.05) is 11.9 Å². The molecule has 0 atom stereocenters. The van der Waals surface area contributed by atoms with Crippen molar-refractivity contribution in [1.29, 1.82) is 0 Å². The highest BCUT2D eigenvalue weighted by Gasteiger charge is 2.29.